The third-order valence-electron chi connectivity index (χ3n) is 1.77. The normalized spacial score (nSPS) is 11.0. The maximum Gasteiger partial charge on any atom is 0.247 e. The summed E-state index contributed by atoms with van der Waals surface area (Å²) in [5, 5.41) is 7.63. The van der Waals surface area contributed by atoms with Gasteiger partial charge in [0.25, 0.3) is 0 Å². The second-order valence-electron chi connectivity index (χ2n) is 3.71. The average Bonchev–Trinajstić information content (AvgIpc) is 2.61. The molecule has 0 fully saturated rings. The number of allylic oxidation sites excluding steroid dienone is 1. The highest BCUT2D eigenvalue weighted by Gasteiger charge is 2.11. The molecule has 3 N–H and O–H groups in total. The molecular formula is C10H14N2O3S2. The van der Waals surface area contributed by atoms with Crippen molar-refractivity contribution in [3.63, 3.8) is 0 Å². The largest absolute Gasteiger partial charge is 0.348 e. The Balaban J connectivity index is 2.63. The van der Waals surface area contributed by atoms with Gasteiger partial charge in [0, 0.05) is 11.0 Å². The van der Waals surface area contributed by atoms with E-state index < -0.39 is 10.0 Å². The van der Waals surface area contributed by atoms with Crippen molar-refractivity contribution in [3.05, 3.63) is 28.7 Å². The van der Waals surface area contributed by atoms with E-state index in [1.54, 1.807) is 6.07 Å². The van der Waals surface area contributed by atoms with E-state index in [1.807, 2.05) is 13.8 Å². The molecule has 0 aliphatic heterocycles. The zero-order valence-corrected chi connectivity index (χ0v) is 11.2. The fraction of sp³-hybridized carbons (Fsp3) is 0.300. The van der Waals surface area contributed by atoms with Crippen LogP contribution in [0.5, 0.6) is 0 Å². The molecule has 0 unspecified atom stereocenters. The predicted molar refractivity (Wildman–Crippen MR) is 67.0 cm³/mol. The van der Waals surface area contributed by atoms with Crippen molar-refractivity contribution in [2.45, 2.75) is 24.6 Å². The van der Waals surface area contributed by atoms with Crippen LogP contribution in [0, 0.1) is 0 Å². The van der Waals surface area contributed by atoms with Crippen molar-refractivity contribution in [1.29, 1.82) is 0 Å². The highest BCUT2D eigenvalue weighted by atomic mass is 32.2. The summed E-state index contributed by atoms with van der Waals surface area (Å²) in [5.74, 6) is -0.199. The number of hydrogen-bond acceptors (Lipinski definition) is 4. The Morgan fingerprint density at radius 3 is 2.59 bits per heavy atom. The van der Waals surface area contributed by atoms with Crippen LogP contribution in [-0.2, 0) is 21.4 Å². The van der Waals surface area contributed by atoms with Gasteiger partial charge >= 0.3 is 0 Å². The van der Waals surface area contributed by atoms with Crippen molar-refractivity contribution in [3.8, 4) is 0 Å². The Morgan fingerprint density at radius 1 is 1.47 bits per heavy atom. The van der Waals surface area contributed by atoms with Gasteiger partial charge in [-0.1, -0.05) is 5.57 Å². The standard InChI is InChI=1S/C10H14N2O3S2/c1-7(2)5-9(13)12-6-8-3-4-10(16-8)17(11,14)15/h3-5H,6H2,1-2H3,(H,12,13)(H2,11,14,15). The number of nitrogens with one attached hydrogen (secondary N) is 1. The summed E-state index contributed by atoms with van der Waals surface area (Å²) in [6.07, 6.45) is 1.48. The molecule has 0 aromatic carbocycles. The van der Waals surface area contributed by atoms with Crippen molar-refractivity contribution in [2.24, 2.45) is 5.14 Å². The summed E-state index contributed by atoms with van der Waals surface area (Å²) in [6.45, 7) is 3.94. The Morgan fingerprint density at radius 2 is 2.12 bits per heavy atom. The first kappa shape index (κ1) is 13.9. The number of carbonyl (C=O) groups is 1. The van der Waals surface area contributed by atoms with Crippen molar-refractivity contribution in [2.75, 3.05) is 0 Å². The van der Waals surface area contributed by atoms with E-state index in [0.29, 0.717) is 6.54 Å². The summed E-state index contributed by atoms with van der Waals surface area (Å²) >= 11 is 1.05. The van der Waals surface area contributed by atoms with Gasteiger partial charge < -0.3 is 5.32 Å². The van der Waals surface area contributed by atoms with Gasteiger partial charge in [-0.2, -0.15) is 0 Å². The van der Waals surface area contributed by atoms with Gasteiger partial charge in [-0.3, -0.25) is 4.79 Å². The quantitative estimate of drug-likeness (QED) is 0.802. The summed E-state index contributed by atoms with van der Waals surface area (Å²) in [7, 11) is -3.65. The second-order valence-corrected chi connectivity index (χ2v) is 6.66. The summed E-state index contributed by atoms with van der Waals surface area (Å²) in [4.78, 5) is 12.0. The Hall–Kier alpha value is -1.18. The zero-order chi connectivity index (χ0) is 13.1. The lowest BCUT2D eigenvalue weighted by Crippen LogP contribution is -2.19. The van der Waals surface area contributed by atoms with Crippen LogP contribution >= 0.6 is 11.3 Å². The van der Waals surface area contributed by atoms with Gasteiger partial charge in [0.15, 0.2) is 0 Å². The maximum absolute atomic E-state index is 11.3. The van der Waals surface area contributed by atoms with Gasteiger partial charge in [0.2, 0.25) is 15.9 Å². The molecule has 0 saturated heterocycles. The number of sulfonamides is 1. The molecule has 0 saturated carbocycles. The van der Waals surface area contributed by atoms with Crippen LogP contribution in [0.15, 0.2) is 28.0 Å². The lowest BCUT2D eigenvalue weighted by atomic mass is 10.3. The minimum absolute atomic E-state index is 0.101. The minimum Gasteiger partial charge on any atom is -0.348 e. The van der Waals surface area contributed by atoms with E-state index in [1.165, 1.54) is 12.1 Å². The van der Waals surface area contributed by atoms with Gasteiger partial charge in [0.1, 0.15) is 4.21 Å². The molecule has 0 aliphatic carbocycles. The monoisotopic (exact) mass is 274 g/mol. The molecule has 0 aliphatic rings. The van der Waals surface area contributed by atoms with E-state index >= 15 is 0 Å². The highest BCUT2D eigenvalue weighted by Crippen LogP contribution is 2.19. The first-order valence-electron chi connectivity index (χ1n) is 4.83. The minimum atomic E-state index is -3.65. The number of primary sulfonamides is 1. The molecule has 94 valence electrons. The van der Waals surface area contributed by atoms with Crippen LogP contribution < -0.4 is 10.5 Å². The van der Waals surface area contributed by atoms with Crippen molar-refractivity contribution in [1.82, 2.24) is 5.32 Å². The molecule has 1 aromatic rings. The predicted octanol–water partition coefficient (Wildman–Crippen LogP) is 0.978. The molecule has 7 heteroatoms. The van der Waals surface area contributed by atoms with Gasteiger partial charge in [0.05, 0.1) is 6.54 Å². The second kappa shape index (κ2) is 5.44. The Kier molecular flexibility index (Phi) is 4.44. The van der Waals surface area contributed by atoms with Gasteiger partial charge in [-0.05, 0) is 26.0 Å². The SMILES string of the molecule is CC(C)=CC(=O)NCc1ccc(S(N)(=O)=O)s1. The molecule has 0 spiro atoms. The van der Waals surface area contributed by atoms with Crippen LogP contribution in [-0.4, -0.2) is 14.3 Å². The summed E-state index contributed by atoms with van der Waals surface area (Å²) in [6, 6.07) is 3.07. The summed E-state index contributed by atoms with van der Waals surface area (Å²) < 4.78 is 22.1. The Bertz CT molecular complexity index is 540. The van der Waals surface area contributed by atoms with Crippen LogP contribution in [0.25, 0.3) is 0 Å². The number of carbonyl (C=O) groups excluding carboxylic acids is 1. The Labute approximate surface area is 104 Å². The number of hydrogen-bond donors (Lipinski definition) is 2. The molecule has 0 radical (unpaired) electrons. The molecular weight excluding hydrogens is 260 g/mol. The molecule has 5 nitrogen and oxygen atoms in total. The number of thiophene rings is 1. The van der Waals surface area contributed by atoms with E-state index in [9.17, 15) is 13.2 Å². The highest BCUT2D eigenvalue weighted by molar-refractivity contribution is 7.91. The lowest BCUT2D eigenvalue weighted by molar-refractivity contribution is -0.116. The fourth-order valence-electron chi connectivity index (χ4n) is 1.09. The van der Waals surface area contributed by atoms with E-state index in [4.69, 9.17) is 5.14 Å². The van der Waals surface area contributed by atoms with Crippen molar-refractivity contribution >= 4 is 27.3 Å². The third-order valence-corrected chi connectivity index (χ3v) is 4.30. The van der Waals surface area contributed by atoms with Crippen LogP contribution in [0.1, 0.15) is 18.7 Å². The third kappa shape index (κ3) is 4.68. The van der Waals surface area contributed by atoms with E-state index in [-0.39, 0.29) is 10.1 Å². The zero-order valence-electron chi connectivity index (χ0n) is 9.56. The smallest absolute Gasteiger partial charge is 0.247 e. The first-order chi connectivity index (χ1) is 7.79. The van der Waals surface area contributed by atoms with E-state index in [2.05, 4.69) is 5.32 Å². The van der Waals surface area contributed by atoms with Gasteiger partial charge in [-0.15, -0.1) is 11.3 Å². The lowest BCUT2D eigenvalue weighted by Gasteiger charge is -1.99. The topological polar surface area (TPSA) is 89.3 Å². The number of amides is 1. The van der Waals surface area contributed by atoms with E-state index in [0.717, 1.165) is 21.8 Å². The molecule has 1 rings (SSSR count). The van der Waals surface area contributed by atoms with Crippen LogP contribution in [0.4, 0.5) is 0 Å². The molecule has 1 heterocycles. The number of rotatable bonds is 4. The van der Waals surface area contributed by atoms with Gasteiger partial charge in [-0.25, -0.2) is 13.6 Å². The summed E-state index contributed by atoms with van der Waals surface area (Å²) in [5.41, 5.74) is 0.902. The molecule has 17 heavy (non-hydrogen) atoms. The average molecular weight is 274 g/mol. The molecule has 0 bridgehead atoms. The fourth-order valence-corrected chi connectivity index (χ4v) is 2.81. The van der Waals surface area contributed by atoms with Crippen LogP contribution in [0.2, 0.25) is 0 Å². The molecule has 1 aromatic heterocycles. The maximum atomic E-state index is 11.3. The van der Waals surface area contributed by atoms with Crippen LogP contribution in [0.3, 0.4) is 0 Å². The molecule has 0 atom stereocenters. The first-order valence-corrected chi connectivity index (χ1v) is 7.19. The number of nitrogens with two attached hydrogens (primary N) is 1. The molecule has 1 amide bonds. The van der Waals surface area contributed by atoms with Crippen molar-refractivity contribution < 1.29 is 13.2 Å².